The highest BCUT2D eigenvalue weighted by Crippen LogP contribution is 2.03. The zero-order chi connectivity index (χ0) is 15.5. The van der Waals surface area contributed by atoms with Gasteiger partial charge in [0.15, 0.2) is 6.10 Å². The van der Waals surface area contributed by atoms with Crippen molar-refractivity contribution in [2.24, 2.45) is 0 Å². The Hall–Kier alpha value is -2.15. The summed E-state index contributed by atoms with van der Waals surface area (Å²) >= 11 is 0. The number of rotatable bonds is 9. The molecule has 0 fully saturated rings. The van der Waals surface area contributed by atoms with Crippen LogP contribution in [0.15, 0.2) is 25.3 Å². The maximum Gasteiger partial charge on any atom is 0.365 e. The van der Waals surface area contributed by atoms with Crippen LogP contribution in [0.5, 0.6) is 0 Å². The van der Waals surface area contributed by atoms with Crippen LogP contribution in [0.2, 0.25) is 0 Å². The Morgan fingerprint density at radius 1 is 1.15 bits per heavy atom. The topological polar surface area (TPSA) is 88.1 Å². The molecular weight excluding hydrogens is 268 g/mol. The van der Waals surface area contributed by atoms with E-state index in [1.807, 2.05) is 0 Å². The van der Waals surface area contributed by atoms with E-state index in [9.17, 15) is 14.4 Å². The summed E-state index contributed by atoms with van der Waals surface area (Å²) in [4.78, 5) is 42.0. The lowest BCUT2D eigenvalue weighted by molar-refractivity contribution is -0.289. The molecule has 112 valence electrons. The zero-order valence-electron chi connectivity index (χ0n) is 11.5. The fraction of sp³-hybridized carbons (Fsp3) is 0.462. The van der Waals surface area contributed by atoms with Gasteiger partial charge in [-0.1, -0.05) is 20.1 Å². The second kappa shape index (κ2) is 9.74. The lowest BCUT2D eigenvalue weighted by Crippen LogP contribution is -2.29. The van der Waals surface area contributed by atoms with Crippen molar-refractivity contribution in [1.82, 2.24) is 0 Å². The van der Waals surface area contributed by atoms with E-state index in [4.69, 9.17) is 9.47 Å². The van der Waals surface area contributed by atoms with Gasteiger partial charge in [0, 0.05) is 12.2 Å². The third kappa shape index (κ3) is 7.32. The summed E-state index contributed by atoms with van der Waals surface area (Å²) in [5, 5.41) is 0. The van der Waals surface area contributed by atoms with E-state index in [2.05, 4.69) is 22.9 Å². The van der Waals surface area contributed by atoms with Gasteiger partial charge < -0.3 is 9.47 Å². The summed E-state index contributed by atoms with van der Waals surface area (Å²) < 4.78 is 9.80. The van der Waals surface area contributed by atoms with Crippen LogP contribution < -0.4 is 0 Å². The molecule has 20 heavy (non-hydrogen) atoms. The summed E-state index contributed by atoms with van der Waals surface area (Å²) in [6.07, 6.45) is 0.692. The number of esters is 2. The number of hydrogen-bond acceptors (Lipinski definition) is 7. The Morgan fingerprint density at radius 3 is 2.25 bits per heavy atom. The van der Waals surface area contributed by atoms with Gasteiger partial charge in [-0.05, 0) is 13.3 Å². The first-order valence-electron chi connectivity index (χ1n) is 5.93. The number of carbonyl (C=O) groups excluding carboxylic acids is 3. The Kier molecular flexibility index (Phi) is 8.69. The molecule has 0 aromatic carbocycles. The molecule has 2 atom stereocenters. The molecule has 2 unspecified atom stereocenters. The van der Waals surface area contributed by atoms with E-state index in [0.717, 1.165) is 12.2 Å². The smallest absolute Gasteiger partial charge is 0.365 e. The number of carbonyl (C=O) groups is 3. The maximum absolute atomic E-state index is 11.5. The van der Waals surface area contributed by atoms with Gasteiger partial charge in [-0.25, -0.2) is 14.4 Å². The Bertz CT molecular complexity index is 375. The minimum Gasteiger partial charge on any atom is -0.460 e. The highest BCUT2D eigenvalue weighted by molar-refractivity contribution is 5.81. The molecule has 0 amide bonds. The molecule has 0 saturated carbocycles. The molecule has 0 aromatic heterocycles. The number of ether oxygens (including phenoxy) is 2. The molecule has 0 rings (SSSR count). The van der Waals surface area contributed by atoms with Crippen LogP contribution in [-0.4, -0.2) is 36.7 Å². The van der Waals surface area contributed by atoms with Crippen LogP contribution in [0.1, 0.15) is 20.3 Å². The number of hydrogen-bond donors (Lipinski definition) is 0. The van der Waals surface area contributed by atoms with E-state index < -0.39 is 30.1 Å². The molecule has 0 aliphatic carbocycles. The molecule has 0 aliphatic rings. The van der Waals surface area contributed by atoms with E-state index in [-0.39, 0.29) is 6.61 Å². The minimum absolute atomic E-state index is 0.127. The van der Waals surface area contributed by atoms with Gasteiger partial charge in [0.1, 0.15) is 12.7 Å². The SMILES string of the molecule is C=CC(=O)OOC(C)C(=O)OCC(CC)OC(=O)C=C. The molecule has 7 heteroatoms. The summed E-state index contributed by atoms with van der Waals surface area (Å²) in [6, 6.07) is 0. The monoisotopic (exact) mass is 286 g/mol. The second-order valence-corrected chi connectivity index (χ2v) is 3.65. The van der Waals surface area contributed by atoms with Crippen molar-refractivity contribution in [3.63, 3.8) is 0 Å². The van der Waals surface area contributed by atoms with Gasteiger partial charge in [0.05, 0.1) is 0 Å². The molecule has 0 heterocycles. The van der Waals surface area contributed by atoms with Crippen molar-refractivity contribution < 1.29 is 33.6 Å². The van der Waals surface area contributed by atoms with Crippen LogP contribution in [0, 0.1) is 0 Å². The zero-order valence-corrected chi connectivity index (χ0v) is 11.5. The van der Waals surface area contributed by atoms with Crippen LogP contribution in [0.4, 0.5) is 0 Å². The normalized spacial score (nSPS) is 12.7. The summed E-state index contributed by atoms with van der Waals surface area (Å²) in [5.41, 5.74) is 0. The van der Waals surface area contributed by atoms with Crippen molar-refractivity contribution in [2.75, 3.05) is 6.61 Å². The molecule has 7 nitrogen and oxygen atoms in total. The second-order valence-electron chi connectivity index (χ2n) is 3.65. The molecule has 0 bridgehead atoms. The fourth-order valence-electron chi connectivity index (χ4n) is 0.933. The van der Waals surface area contributed by atoms with Crippen molar-refractivity contribution in [1.29, 1.82) is 0 Å². The lowest BCUT2D eigenvalue weighted by Gasteiger charge is -2.16. The Labute approximate surface area is 117 Å². The highest BCUT2D eigenvalue weighted by Gasteiger charge is 2.20. The minimum atomic E-state index is -1.11. The van der Waals surface area contributed by atoms with Crippen molar-refractivity contribution in [3.05, 3.63) is 25.3 Å². The van der Waals surface area contributed by atoms with Gasteiger partial charge in [0.2, 0.25) is 0 Å². The van der Waals surface area contributed by atoms with Crippen molar-refractivity contribution in [2.45, 2.75) is 32.5 Å². The molecule has 0 saturated heterocycles. The quantitative estimate of drug-likeness (QED) is 0.271. The summed E-state index contributed by atoms with van der Waals surface area (Å²) in [7, 11) is 0. The van der Waals surface area contributed by atoms with Crippen LogP contribution in [0.3, 0.4) is 0 Å². The average molecular weight is 286 g/mol. The predicted molar refractivity (Wildman–Crippen MR) is 68.2 cm³/mol. The first-order chi connectivity index (χ1) is 9.44. The molecule has 0 radical (unpaired) electrons. The molecule has 0 aromatic rings. The van der Waals surface area contributed by atoms with E-state index in [1.54, 1.807) is 6.92 Å². The van der Waals surface area contributed by atoms with Gasteiger partial charge in [-0.2, -0.15) is 4.89 Å². The molecule has 0 N–H and O–H groups in total. The van der Waals surface area contributed by atoms with E-state index >= 15 is 0 Å². The molecule has 0 aliphatic heterocycles. The average Bonchev–Trinajstić information content (AvgIpc) is 2.47. The first kappa shape index (κ1) is 17.8. The van der Waals surface area contributed by atoms with E-state index in [1.165, 1.54) is 6.92 Å². The largest absolute Gasteiger partial charge is 0.460 e. The van der Waals surface area contributed by atoms with Gasteiger partial charge >= 0.3 is 17.9 Å². The fourth-order valence-corrected chi connectivity index (χ4v) is 0.933. The van der Waals surface area contributed by atoms with Crippen LogP contribution >= 0.6 is 0 Å². The van der Waals surface area contributed by atoms with Crippen molar-refractivity contribution in [3.8, 4) is 0 Å². The Morgan fingerprint density at radius 2 is 1.75 bits per heavy atom. The van der Waals surface area contributed by atoms with Gasteiger partial charge in [0.25, 0.3) is 0 Å². The standard InChI is InChI=1S/C13H18O7/c1-5-10(18-11(14)6-2)8-17-13(16)9(4)19-20-12(15)7-3/h6-7,9-10H,2-3,5,8H2,1,4H3. The van der Waals surface area contributed by atoms with Crippen LogP contribution in [0.25, 0.3) is 0 Å². The van der Waals surface area contributed by atoms with Crippen LogP contribution in [-0.2, 0) is 33.6 Å². The Balaban J connectivity index is 4.11. The first-order valence-corrected chi connectivity index (χ1v) is 5.93. The third-order valence-corrected chi connectivity index (χ3v) is 2.09. The predicted octanol–water partition coefficient (Wildman–Crippen LogP) is 1.09. The molecule has 0 spiro atoms. The van der Waals surface area contributed by atoms with Crippen molar-refractivity contribution >= 4 is 17.9 Å². The van der Waals surface area contributed by atoms with Gasteiger partial charge in [-0.3, -0.25) is 4.89 Å². The van der Waals surface area contributed by atoms with E-state index in [0.29, 0.717) is 6.42 Å². The van der Waals surface area contributed by atoms with Gasteiger partial charge in [-0.15, -0.1) is 0 Å². The third-order valence-electron chi connectivity index (χ3n) is 2.09. The summed E-state index contributed by atoms with van der Waals surface area (Å²) in [6.45, 7) is 9.40. The highest BCUT2D eigenvalue weighted by atomic mass is 17.2. The lowest BCUT2D eigenvalue weighted by atomic mass is 10.3. The maximum atomic E-state index is 11.5. The molecular formula is C13H18O7. The summed E-state index contributed by atoms with van der Waals surface area (Å²) in [5.74, 6) is -2.18.